The Kier molecular flexibility index (Phi) is 8.65. The highest BCUT2D eigenvalue weighted by Crippen LogP contribution is 2.17. The van der Waals surface area contributed by atoms with Gasteiger partial charge in [-0.1, -0.05) is 6.92 Å². The first-order chi connectivity index (χ1) is 16.2. The molecule has 2 N–H and O–H groups in total. The standard InChI is InChI=1S/C24H32N4O5S/c1-4-18(2)26-34(31,32)22-11-9-21(10-12-22)33-17-23(29)25-20-7-5-19(6-8-20)24(30)28-15-13-27(3)14-16-28/h5-12,18,26H,4,13-17H2,1-3H3,(H,25,29)/t18-/m0/s1. The minimum absolute atomic E-state index is 0.0147. The number of nitrogens with one attached hydrogen (secondary N) is 2. The molecule has 0 unspecified atom stereocenters. The lowest BCUT2D eigenvalue weighted by Crippen LogP contribution is -2.47. The number of hydrogen-bond donors (Lipinski definition) is 2. The van der Waals surface area contributed by atoms with E-state index >= 15 is 0 Å². The van der Waals surface area contributed by atoms with Gasteiger partial charge in [0, 0.05) is 43.5 Å². The molecule has 10 heteroatoms. The van der Waals surface area contributed by atoms with Crippen molar-refractivity contribution in [1.29, 1.82) is 0 Å². The average Bonchev–Trinajstić information content (AvgIpc) is 2.83. The molecule has 2 aromatic rings. The quantitative estimate of drug-likeness (QED) is 0.560. The van der Waals surface area contributed by atoms with Crippen molar-refractivity contribution >= 4 is 27.5 Å². The van der Waals surface area contributed by atoms with Gasteiger partial charge in [-0.3, -0.25) is 9.59 Å². The summed E-state index contributed by atoms with van der Waals surface area (Å²) >= 11 is 0. The second-order valence-corrected chi connectivity index (χ2v) is 10.1. The minimum Gasteiger partial charge on any atom is -0.484 e. The smallest absolute Gasteiger partial charge is 0.262 e. The SMILES string of the molecule is CC[C@H](C)NS(=O)(=O)c1ccc(OCC(=O)Nc2ccc(C(=O)N3CCN(C)CC3)cc2)cc1. The predicted molar refractivity (Wildman–Crippen MR) is 130 cm³/mol. The molecule has 0 saturated carbocycles. The van der Waals surface area contributed by atoms with Crippen molar-refractivity contribution in [2.24, 2.45) is 0 Å². The van der Waals surface area contributed by atoms with Gasteiger partial charge in [-0.25, -0.2) is 13.1 Å². The number of carbonyl (C=O) groups excluding carboxylic acids is 2. The van der Waals surface area contributed by atoms with Crippen LogP contribution >= 0.6 is 0 Å². The summed E-state index contributed by atoms with van der Waals surface area (Å²) in [6.45, 7) is 6.57. The molecule has 2 amide bonds. The second-order valence-electron chi connectivity index (χ2n) is 8.41. The van der Waals surface area contributed by atoms with Gasteiger partial charge in [-0.2, -0.15) is 0 Å². The zero-order valence-electron chi connectivity index (χ0n) is 19.8. The van der Waals surface area contributed by atoms with Gasteiger partial charge in [-0.15, -0.1) is 0 Å². The highest BCUT2D eigenvalue weighted by molar-refractivity contribution is 7.89. The molecule has 0 radical (unpaired) electrons. The van der Waals surface area contributed by atoms with Crippen LogP contribution in [0.4, 0.5) is 5.69 Å². The molecule has 0 aromatic heterocycles. The van der Waals surface area contributed by atoms with Crippen LogP contribution in [0.25, 0.3) is 0 Å². The molecular formula is C24H32N4O5S. The summed E-state index contributed by atoms with van der Waals surface area (Å²) in [5.41, 5.74) is 1.14. The number of carbonyl (C=O) groups is 2. The summed E-state index contributed by atoms with van der Waals surface area (Å²) in [6.07, 6.45) is 0.685. The van der Waals surface area contributed by atoms with Crippen LogP contribution < -0.4 is 14.8 Å². The van der Waals surface area contributed by atoms with E-state index in [9.17, 15) is 18.0 Å². The molecule has 0 spiro atoms. The van der Waals surface area contributed by atoms with E-state index in [0.717, 1.165) is 13.1 Å². The highest BCUT2D eigenvalue weighted by Gasteiger charge is 2.20. The Labute approximate surface area is 201 Å². The van der Waals surface area contributed by atoms with Crippen molar-refractivity contribution in [1.82, 2.24) is 14.5 Å². The molecule has 184 valence electrons. The number of sulfonamides is 1. The van der Waals surface area contributed by atoms with Gasteiger partial charge in [0.15, 0.2) is 6.61 Å². The largest absolute Gasteiger partial charge is 0.484 e. The molecule has 3 rings (SSSR count). The Morgan fingerprint density at radius 2 is 1.62 bits per heavy atom. The molecule has 1 heterocycles. The molecule has 1 atom stereocenters. The molecule has 1 saturated heterocycles. The van der Waals surface area contributed by atoms with E-state index in [-0.39, 0.29) is 29.4 Å². The van der Waals surface area contributed by atoms with Crippen LogP contribution in [0.3, 0.4) is 0 Å². The summed E-state index contributed by atoms with van der Waals surface area (Å²) in [6, 6.07) is 12.5. The monoisotopic (exact) mass is 488 g/mol. The third kappa shape index (κ3) is 7.02. The summed E-state index contributed by atoms with van der Waals surface area (Å²) in [4.78, 5) is 29.0. The van der Waals surface area contributed by atoms with Gasteiger partial charge in [0.05, 0.1) is 4.90 Å². The zero-order chi connectivity index (χ0) is 24.7. The zero-order valence-corrected chi connectivity index (χ0v) is 20.6. The van der Waals surface area contributed by atoms with Gasteiger partial charge < -0.3 is 19.9 Å². The topological polar surface area (TPSA) is 108 Å². The first kappa shape index (κ1) is 25.7. The lowest BCUT2D eigenvalue weighted by Gasteiger charge is -2.32. The molecule has 0 aliphatic carbocycles. The molecule has 34 heavy (non-hydrogen) atoms. The van der Waals surface area contributed by atoms with Gasteiger partial charge in [0.25, 0.3) is 11.8 Å². The molecule has 9 nitrogen and oxygen atoms in total. The fraction of sp³-hybridized carbons (Fsp3) is 0.417. The number of hydrogen-bond acceptors (Lipinski definition) is 6. The van der Waals surface area contributed by atoms with Crippen LogP contribution in [0, 0.1) is 0 Å². The molecular weight excluding hydrogens is 456 g/mol. The third-order valence-electron chi connectivity index (χ3n) is 5.68. The van der Waals surface area contributed by atoms with E-state index in [2.05, 4.69) is 14.9 Å². The Morgan fingerprint density at radius 3 is 2.21 bits per heavy atom. The van der Waals surface area contributed by atoms with Crippen LogP contribution in [0.2, 0.25) is 0 Å². The van der Waals surface area contributed by atoms with E-state index in [1.54, 1.807) is 31.2 Å². The van der Waals surface area contributed by atoms with Crippen LogP contribution in [-0.2, 0) is 14.8 Å². The Balaban J connectivity index is 1.49. The number of ether oxygens (including phenoxy) is 1. The highest BCUT2D eigenvalue weighted by atomic mass is 32.2. The number of nitrogens with zero attached hydrogens (tertiary/aromatic N) is 2. The van der Waals surface area contributed by atoms with E-state index in [4.69, 9.17) is 4.74 Å². The normalized spacial score (nSPS) is 15.6. The van der Waals surface area contributed by atoms with Gasteiger partial charge in [0.1, 0.15) is 5.75 Å². The minimum atomic E-state index is -3.59. The van der Waals surface area contributed by atoms with E-state index in [1.165, 1.54) is 24.3 Å². The number of amides is 2. The van der Waals surface area contributed by atoms with Crippen molar-refractivity contribution in [3.63, 3.8) is 0 Å². The number of anilines is 1. The molecule has 1 fully saturated rings. The maximum atomic E-state index is 12.6. The van der Waals surface area contributed by atoms with Crippen LogP contribution in [0.5, 0.6) is 5.75 Å². The summed E-state index contributed by atoms with van der Waals surface area (Å²) in [7, 11) is -1.56. The lowest BCUT2D eigenvalue weighted by atomic mass is 10.1. The van der Waals surface area contributed by atoms with Crippen molar-refractivity contribution in [3.8, 4) is 5.75 Å². The number of likely N-dealkylation sites (N-methyl/N-ethyl adjacent to an activating group) is 1. The second kappa shape index (κ2) is 11.5. The first-order valence-electron chi connectivity index (χ1n) is 11.3. The van der Waals surface area contributed by atoms with E-state index in [1.807, 2.05) is 18.9 Å². The third-order valence-corrected chi connectivity index (χ3v) is 7.28. The van der Waals surface area contributed by atoms with Crippen LogP contribution in [0.15, 0.2) is 53.4 Å². The molecule has 1 aliphatic rings. The van der Waals surface area contributed by atoms with Crippen molar-refractivity contribution in [2.75, 3.05) is 45.2 Å². The van der Waals surface area contributed by atoms with Gasteiger partial charge in [0.2, 0.25) is 10.0 Å². The maximum absolute atomic E-state index is 12.6. The van der Waals surface area contributed by atoms with Crippen LogP contribution in [0.1, 0.15) is 30.6 Å². The van der Waals surface area contributed by atoms with Crippen molar-refractivity contribution in [3.05, 3.63) is 54.1 Å². The predicted octanol–water partition coefficient (Wildman–Crippen LogP) is 2.17. The van der Waals surface area contributed by atoms with E-state index in [0.29, 0.717) is 36.5 Å². The number of piperazine rings is 1. The molecule has 2 aromatic carbocycles. The fourth-order valence-corrected chi connectivity index (χ4v) is 4.69. The Morgan fingerprint density at radius 1 is 1.00 bits per heavy atom. The van der Waals surface area contributed by atoms with Gasteiger partial charge >= 0.3 is 0 Å². The van der Waals surface area contributed by atoms with E-state index < -0.39 is 10.0 Å². The molecule has 1 aliphatic heterocycles. The lowest BCUT2D eigenvalue weighted by molar-refractivity contribution is -0.118. The van der Waals surface area contributed by atoms with Crippen molar-refractivity contribution < 1.29 is 22.7 Å². The van der Waals surface area contributed by atoms with Crippen molar-refractivity contribution in [2.45, 2.75) is 31.2 Å². The summed E-state index contributed by atoms with van der Waals surface area (Å²) in [5.74, 6) is -0.00170. The number of rotatable bonds is 9. The average molecular weight is 489 g/mol. The summed E-state index contributed by atoms with van der Waals surface area (Å²) < 4.78 is 32.7. The molecule has 0 bridgehead atoms. The van der Waals surface area contributed by atoms with Crippen LogP contribution in [-0.4, -0.2) is 75.9 Å². The van der Waals surface area contributed by atoms with Gasteiger partial charge in [-0.05, 0) is 68.9 Å². The Bertz CT molecular complexity index is 1080. The number of benzene rings is 2. The maximum Gasteiger partial charge on any atom is 0.262 e. The Hall–Kier alpha value is -2.95. The first-order valence-corrected chi connectivity index (χ1v) is 12.8. The fourth-order valence-electron chi connectivity index (χ4n) is 3.37. The summed E-state index contributed by atoms with van der Waals surface area (Å²) in [5, 5.41) is 2.73.